The molecule has 0 saturated carbocycles. The number of nitrogens with zero attached hydrogens (tertiary/aromatic N) is 1. The molecule has 1 aliphatic rings. The number of hydrogen-bond acceptors (Lipinski definition) is 2. The molecule has 0 aromatic carbocycles. The van der Waals surface area contributed by atoms with Gasteiger partial charge < -0.3 is 10.6 Å². The summed E-state index contributed by atoms with van der Waals surface area (Å²) in [6.45, 7) is 3.54. The maximum Gasteiger partial charge on any atom is 0.222 e. The van der Waals surface area contributed by atoms with Crippen LogP contribution in [0, 0.1) is 0 Å². The lowest BCUT2D eigenvalue weighted by atomic mass is 10.1. The minimum absolute atomic E-state index is 0.196. The van der Waals surface area contributed by atoms with Crippen LogP contribution in [0.25, 0.3) is 0 Å². The van der Waals surface area contributed by atoms with E-state index in [1.807, 2.05) is 11.8 Å². The van der Waals surface area contributed by atoms with E-state index in [0.29, 0.717) is 6.42 Å². The summed E-state index contributed by atoms with van der Waals surface area (Å²) >= 11 is 0. The molecule has 0 spiro atoms. The van der Waals surface area contributed by atoms with Crippen molar-refractivity contribution < 1.29 is 4.79 Å². The van der Waals surface area contributed by atoms with Crippen molar-refractivity contribution in [2.75, 3.05) is 13.1 Å². The van der Waals surface area contributed by atoms with Crippen molar-refractivity contribution in [2.45, 2.75) is 32.2 Å². The third kappa shape index (κ3) is 2.19. The quantitative estimate of drug-likeness (QED) is 0.595. The third-order valence-corrected chi connectivity index (χ3v) is 2.15. The first-order valence-corrected chi connectivity index (χ1v) is 4.27. The van der Waals surface area contributed by atoms with E-state index >= 15 is 0 Å². The monoisotopic (exact) mass is 156 g/mol. The van der Waals surface area contributed by atoms with E-state index in [9.17, 15) is 4.79 Å². The second kappa shape index (κ2) is 3.72. The van der Waals surface area contributed by atoms with Gasteiger partial charge in [0, 0.05) is 25.6 Å². The molecule has 0 aromatic heterocycles. The van der Waals surface area contributed by atoms with E-state index in [0.717, 1.165) is 25.9 Å². The van der Waals surface area contributed by atoms with Crippen molar-refractivity contribution in [1.82, 2.24) is 4.90 Å². The minimum atomic E-state index is 0.196. The summed E-state index contributed by atoms with van der Waals surface area (Å²) in [5.41, 5.74) is 5.77. The number of carbonyl (C=O) groups is 1. The number of hydrogen-bond donors (Lipinski definition) is 1. The molecule has 2 N–H and O–H groups in total. The Morgan fingerprint density at radius 1 is 1.73 bits per heavy atom. The topological polar surface area (TPSA) is 46.3 Å². The summed E-state index contributed by atoms with van der Waals surface area (Å²) < 4.78 is 0. The first-order valence-electron chi connectivity index (χ1n) is 4.27. The van der Waals surface area contributed by atoms with Crippen LogP contribution in [0.2, 0.25) is 0 Å². The molecule has 1 amide bonds. The van der Waals surface area contributed by atoms with Gasteiger partial charge in [-0.1, -0.05) is 0 Å². The van der Waals surface area contributed by atoms with Gasteiger partial charge in [0.05, 0.1) is 0 Å². The van der Waals surface area contributed by atoms with E-state index in [1.165, 1.54) is 0 Å². The van der Waals surface area contributed by atoms with E-state index in [4.69, 9.17) is 5.73 Å². The van der Waals surface area contributed by atoms with E-state index in [1.54, 1.807) is 0 Å². The van der Waals surface area contributed by atoms with Crippen molar-refractivity contribution in [3.63, 3.8) is 0 Å². The Hall–Kier alpha value is -0.570. The predicted octanol–water partition coefficient (Wildman–Crippen LogP) is 0.346. The molecular formula is C8H16N2O. The first-order chi connectivity index (χ1) is 5.24. The Bertz CT molecular complexity index is 147. The summed E-state index contributed by atoms with van der Waals surface area (Å²) in [7, 11) is 0. The molecule has 1 atom stereocenters. The van der Waals surface area contributed by atoms with Gasteiger partial charge >= 0.3 is 0 Å². The van der Waals surface area contributed by atoms with E-state index in [2.05, 4.69) is 0 Å². The largest absolute Gasteiger partial charge is 0.341 e. The van der Waals surface area contributed by atoms with Crippen LogP contribution in [0.1, 0.15) is 26.2 Å². The zero-order chi connectivity index (χ0) is 8.27. The standard InChI is InChI=1S/C8H16N2O/c1-2-10-6-7(9)4-3-5-8(10)11/h7H,2-6,9H2,1H3. The van der Waals surface area contributed by atoms with Gasteiger partial charge in [-0.15, -0.1) is 0 Å². The highest BCUT2D eigenvalue weighted by atomic mass is 16.2. The van der Waals surface area contributed by atoms with Crippen molar-refractivity contribution >= 4 is 5.91 Å². The van der Waals surface area contributed by atoms with Gasteiger partial charge in [0.2, 0.25) is 5.91 Å². The molecule has 64 valence electrons. The van der Waals surface area contributed by atoms with E-state index in [-0.39, 0.29) is 11.9 Å². The van der Waals surface area contributed by atoms with Gasteiger partial charge in [-0.2, -0.15) is 0 Å². The molecule has 1 unspecified atom stereocenters. The van der Waals surface area contributed by atoms with Gasteiger partial charge in [0.25, 0.3) is 0 Å². The Morgan fingerprint density at radius 2 is 2.45 bits per heavy atom. The summed E-state index contributed by atoms with van der Waals surface area (Å²) in [4.78, 5) is 13.1. The summed E-state index contributed by atoms with van der Waals surface area (Å²) in [6.07, 6.45) is 2.63. The molecule has 1 rings (SSSR count). The van der Waals surface area contributed by atoms with Crippen LogP contribution in [0.3, 0.4) is 0 Å². The van der Waals surface area contributed by atoms with Crippen LogP contribution in [0.15, 0.2) is 0 Å². The molecule has 1 fully saturated rings. The van der Waals surface area contributed by atoms with Gasteiger partial charge in [0.1, 0.15) is 0 Å². The third-order valence-electron chi connectivity index (χ3n) is 2.15. The van der Waals surface area contributed by atoms with Crippen LogP contribution in [-0.4, -0.2) is 29.9 Å². The highest BCUT2D eigenvalue weighted by molar-refractivity contribution is 5.76. The Labute approximate surface area is 67.5 Å². The lowest BCUT2D eigenvalue weighted by Crippen LogP contribution is -2.38. The second-order valence-electron chi connectivity index (χ2n) is 3.08. The van der Waals surface area contributed by atoms with Crippen molar-refractivity contribution in [1.29, 1.82) is 0 Å². The fourth-order valence-electron chi connectivity index (χ4n) is 1.46. The molecule has 1 saturated heterocycles. The van der Waals surface area contributed by atoms with Crippen molar-refractivity contribution in [2.24, 2.45) is 5.73 Å². The average Bonchev–Trinajstić information content (AvgIpc) is 2.13. The molecule has 3 heteroatoms. The average molecular weight is 156 g/mol. The molecule has 1 aliphatic heterocycles. The van der Waals surface area contributed by atoms with E-state index < -0.39 is 0 Å². The normalized spacial score (nSPS) is 26.9. The summed E-state index contributed by atoms with van der Waals surface area (Å²) in [5, 5.41) is 0. The smallest absolute Gasteiger partial charge is 0.222 e. The minimum Gasteiger partial charge on any atom is -0.341 e. The van der Waals surface area contributed by atoms with Gasteiger partial charge in [-0.3, -0.25) is 4.79 Å². The number of nitrogens with two attached hydrogens (primary N) is 1. The van der Waals surface area contributed by atoms with Crippen LogP contribution < -0.4 is 5.73 Å². The fraction of sp³-hybridized carbons (Fsp3) is 0.875. The predicted molar refractivity (Wildman–Crippen MR) is 44.1 cm³/mol. The number of likely N-dealkylation sites (tertiary alicyclic amines) is 1. The van der Waals surface area contributed by atoms with Gasteiger partial charge in [-0.25, -0.2) is 0 Å². The second-order valence-corrected chi connectivity index (χ2v) is 3.08. The SMILES string of the molecule is CCN1CC(N)CCCC1=O. The van der Waals surface area contributed by atoms with Crippen molar-refractivity contribution in [3.8, 4) is 0 Å². The lowest BCUT2D eigenvalue weighted by molar-refractivity contribution is -0.130. The zero-order valence-corrected chi connectivity index (χ0v) is 7.05. The highest BCUT2D eigenvalue weighted by Crippen LogP contribution is 2.09. The van der Waals surface area contributed by atoms with Crippen LogP contribution in [-0.2, 0) is 4.79 Å². The Balaban J connectivity index is 2.52. The first kappa shape index (κ1) is 8.53. The van der Waals surface area contributed by atoms with Gasteiger partial charge in [0.15, 0.2) is 0 Å². The molecule has 11 heavy (non-hydrogen) atoms. The Kier molecular flexibility index (Phi) is 2.88. The van der Waals surface area contributed by atoms with Crippen LogP contribution in [0.5, 0.6) is 0 Å². The fourth-order valence-corrected chi connectivity index (χ4v) is 1.46. The number of amides is 1. The molecular weight excluding hydrogens is 140 g/mol. The molecule has 0 bridgehead atoms. The zero-order valence-electron chi connectivity index (χ0n) is 7.05. The number of carbonyl (C=O) groups excluding carboxylic acids is 1. The Morgan fingerprint density at radius 3 is 3.09 bits per heavy atom. The van der Waals surface area contributed by atoms with Gasteiger partial charge in [-0.05, 0) is 19.8 Å². The highest BCUT2D eigenvalue weighted by Gasteiger charge is 2.18. The summed E-state index contributed by atoms with van der Waals surface area (Å²) in [6, 6.07) is 0.196. The van der Waals surface area contributed by atoms with Crippen LogP contribution in [0.4, 0.5) is 0 Å². The molecule has 0 radical (unpaired) electrons. The van der Waals surface area contributed by atoms with Crippen LogP contribution >= 0.6 is 0 Å². The molecule has 0 aliphatic carbocycles. The van der Waals surface area contributed by atoms with Crippen molar-refractivity contribution in [3.05, 3.63) is 0 Å². The number of likely N-dealkylation sites (N-methyl/N-ethyl adjacent to an activating group) is 1. The maximum absolute atomic E-state index is 11.3. The molecule has 1 heterocycles. The maximum atomic E-state index is 11.3. The molecule has 3 nitrogen and oxygen atoms in total. The summed E-state index contributed by atoms with van der Waals surface area (Å²) in [5.74, 6) is 0.264. The lowest BCUT2D eigenvalue weighted by Gasteiger charge is -2.20. The molecule has 0 aromatic rings. The number of rotatable bonds is 1.